The summed E-state index contributed by atoms with van der Waals surface area (Å²) in [5, 5.41) is 13.1. The van der Waals surface area contributed by atoms with Gasteiger partial charge in [0.05, 0.1) is 17.9 Å². The quantitative estimate of drug-likeness (QED) is 0.738. The Kier molecular flexibility index (Phi) is 6.08. The second kappa shape index (κ2) is 8.68. The van der Waals surface area contributed by atoms with Crippen LogP contribution in [0.25, 0.3) is 0 Å². The molecule has 5 nitrogen and oxygen atoms in total. The van der Waals surface area contributed by atoms with Crippen molar-refractivity contribution in [2.45, 2.75) is 57.6 Å². The fraction of sp³-hybridized carbons (Fsp3) is 0.429. The van der Waals surface area contributed by atoms with Crippen molar-refractivity contribution in [1.29, 1.82) is 0 Å². The van der Waals surface area contributed by atoms with Gasteiger partial charge in [-0.1, -0.05) is 37.3 Å². The van der Waals surface area contributed by atoms with Gasteiger partial charge in [0.2, 0.25) is 5.95 Å². The lowest BCUT2D eigenvalue weighted by atomic mass is 9.93. The molecule has 1 aromatic carbocycles. The van der Waals surface area contributed by atoms with Gasteiger partial charge in [-0.15, -0.1) is 0 Å². The third kappa shape index (κ3) is 4.96. The molecule has 26 heavy (non-hydrogen) atoms. The van der Waals surface area contributed by atoms with E-state index in [-0.39, 0.29) is 18.1 Å². The van der Waals surface area contributed by atoms with Gasteiger partial charge >= 0.3 is 0 Å². The van der Waals surface area contributed by atoms with E-state index in [4.69, 9.17) is 5.73 Å². The number of nitrogens with zero attached hydrogens (tertiary/aromatic N) is 2. The summed E-state index contributed by atoms with van der Waals surface area (Å²) >= 11 is 0. The number of aromatic nitrogens is 2. The molecule has 2 aromatic rings. The van der Waals surface area contributed by atoms with Crippen LogP contribution in [0, 0.1) is 11.8 Å². The summed E-state index contributed by atoms with van der Waals surface area (Å²) in [6, 6.07) is 8.62. The van der Waals surface area contributed by atoms with Gasteiger partial charge in [0.15, 0.2) is 0 Å². The number of anilines is 2. The lowest BCUT2D eigenvalue weighted by Crippen LogP contribution is -2.29. The zero-order chi connectivity index (χ0) is 18.4. The molecular formula is C21H26N4O. The van der Waals surface area contributed by atoms with E-state index in [0.29, 0.717) is 5.82 Å². The molecule has 0 aliphatic heterocycles. The first kappa shape index (κ1) is 18.2. The molecule has 0 amide bonds. The molecule has 1 aromatic heterocycles. The fourth-order valence-electron chi connectivity index (χ4n) is 3.19. The van der Waals surface area contributed by atoms with Crippen LogP contribution < -0.4 is 11.1 Å². The van der Waals surface area contributed by atoms with E-state index in [1.54, 1.807) is 6.20 Å². The number of hydrogen-bond acceptors (Lipinski definition) is 5. The smallest absolute Gasteiger partial charge is 0.222 e. The maximum atomic E-state index is 9.66. The fourth-order valence-corrected chi connectivity index (χ4v) is 3.19. The van der Waals surface area contributed by atoms with Crippen LogP contribution in [-0.2, 0) is 6.42 Å². The Hall–Kier alpha value is -2.58. The van der Waals surface area contributed by atoms with E-state index in [1.165, 1.54) is 5.56 Å². The molecule has 1 heterocycles. The van der Waals surface area contributed by atoms with Crippen LogP contribution in [0.3, 0.4) is 0 Å². The number of aliphatic hydroxyl groups is 1. The first-order valence-corrected chi connectivity index (χ1v) is 9.32. The summed E-state index contributed by atoms with van der Waals surface area (Å²) in [6.45, 7) is 2.18. The van der Waals surface area contributed by atoms with Crippen molar-refractivity contribution in [3.8, 4) is 11.8 Å². The molecule has 136 valence electrons. The molecule has 3 rings (SSSR count). The van der Waals surface area contributed by atoms with E-state index >= 15 is 0 Å². The minimum absolute atomic E-state index is 0.182. The van der Waals surface area contributed by atoms with Crippen molar-refractivity contribution in [2.75, 3.05) is 11.1 Å². The summed E-state index contributed by atoms with van der Waals surface area (Å²) in [7, 11) is 0. The average molecular weight is 350 g/mol. The highest BCUT2D eigenvalue weighted by Gasteiger charge is 2.20. The summed E-state index contributed by atoms with van der Waals surface area (Å²) in [4.78, 5) is 8.41. The van der Waals surface area contributed by atoms with Gasteiger partial charge in [0.25, 0.3) is 0 Å². The summed E-state index contributed by atoms with van der Waals surface area (Å²) < 4.78 is 0. The van der Waals surface area contributed by atoms with Crippen LogP contribution in [0.4, 0.5) is 11.8 Å². The van der Waals surface area contributed by atoms with Crippen molar-refractivity contribution >= 4 is 11.8 Å². The molecule has 0 saturated heterocycles. The molecule has 0 unspecified atom stereocenters. The van der Waals surface area contributed by atoms with Crippen LogP contribution in [0.2, 0.25) is 0 Å². The van der Waals surface area contributed by atoms with Crippen molar-refractivity contribution in [1.82, 2.24) is 9.97 Å². The second-order valence-corrected chi connectivity index (χ2v) is 6.84. The number of nitrogens with one attached hydrogen (secondary N) is 1. The molecule has 1 aliphatic carbocycles. The standard InChI is InChI=1S/C21H26N4O/c1-2-3-15-4-6-16(7-5-15)8-9-17-14-23-21(22)25-20(17)24-18-10-12-19(26)13-11-18/h4-7,14,18-19,26H,2-3,10-13H2,1H3,(H3,22,23,24,25)/t18-,19-. The van der Waals surface area contributed by atoms with Gasteiger partial charge in [0.1, 0.15) is 5.82 Å². The van der Waals surface area contributed by atoms with Gasteiger partial charge < -0.3 is 16.2 Å². The van der Waals surface area contributed by atoms with Crippen LogP contribution in [0.5, 0.6) is 0 Å². The van der Waals surface area contributed by atoms with Crippen molar-refractivity contribution in [3.05, 3.63) is 47.2 Å². The minimum Gasteiger partial charge on any atom is -0.393 e. The topological polar surface area (TPSA) is 84.1 Å². The molecule has 0 radical (unpaired) electrons. The summed E-state index contributed by atoms with van der Waals surface area (Å²) in [6.07, 6.45) is 7.16. The van der Waals surface area contributed by atoms with Gasteiger partial charge in [-0.25, -0.2) is 4.98 Å². The Labute approximate surface area is 155 Å². The average Bonchev–Trinajstić information content (AvgIpc) is 2.64. The third-order valence-electron chi connectivity index (χ3n) is 4.68. The predicted molar refractivity (Wildman–Crippen MR) is 105 cm³/mol. The zero-order valence-electron chi connectivity index (χ0n) is 15.2. The van der Waals surface area contributed by atoms with Gasteiger partial charge in [-0.3, -0.25) is 0 Å². The number of nitrogen functional groups attached to an aromatic ring is 1. The maximum Gasteiger partial charge on any atom is 0.222 e. The Bertz CT molecular complexity index is 784. The Morgan fingerprint density at radius 2 is 1.88 bits per heavy atom. The number of rotatable bonds is 4. The largest absolute Gasteiger partial charge is 0.393 e. The first-order chi connectivity index (χ1) is 12.6. The number of aliphatic hydroxyl groups excluding tert-OH is 1. The Morgan fingerprint density at radius 1 is 1.15 bits per heavy atom. The second-order valence-electron chi connectivity index (χ2n) is 6.84. The highest BCUT2D eigenvalue weighted by Crippen LogP contribution is 2.23. The van der Waals surface area contributed by atoms with E-state index in [0.717, 1.165) is 49.7 Å². The first-order valence-electron chi connectivity index (χ1n) is 9.32. The van der Waals surface area contributed by atoms with Crippen LogP contribution in [0.1, 0.15) is 55.7 Å². The SMILES string of the molecule is CCCc1ccc(C#Cc2cnc(N)nc2N[C@H]2CC[C@H](O)CC2)cc1. The molecular weight excluding hydrogens is 324 g/mol. The molecule has 1 aliphatic rings. The molecule has 1 fully saturated rings. The van der Waals surface area contributed by atoms with E-state index in [2.05, 4.69) is 46.2 Å². The number of nitrogens with two attached hydrogens (primary N) is 1. The molecule has 1 saturated carbocycles. The lowest BCUT2D eigenvalue weighted by Gasteiger charge is -2.26. The normalized spacial score (nSPS) is 19.5. The van der Waals surface area contributed by atoms with Gasteiger partial charge in [0, 0.05) is 11.6 Å². The monoisotopic (exact) mass is 350 g/mol. The highest BCUT2D eigenvalue weighted by atomic mass is 16.3. The number of benzene rings is 1. The van der Waals surface area contributed by atoms with Gasteiger partial charge in [-0.2, -0.15) is 4.98 Å². The van der Waals surface area contributed by atoms with Crippen molar-refractivity contribution < 1.29 is 5.11 Å². The van der Waals surface area contributed by atoms with E-state index in [1.807, 2.05) is 12.1 Å². The number of aryl methyl sites for hydroxylation is 1. The lowest BCUT2D eigenvalue weighted by molar-refractivity contribution is 0.126. The Morgan fingerprint density at radius 3 is 2.58 bits per heavy atom. The zero-order valence-corrected chi connectivity index (χ0v) is 15.2. The molecule has 0 atom stereocenters. The van der Waals surface area contributed by atoms with E-state index < -0.39 is 0 Å². The van der Waals surface area contributed by atoms with E-state index in [9.17, 15) is 5.11 Å². The van der Waals surface area contributed by atoms with Crippen LogP contribution in [-0.4, -0.2) is 27.2 Å². The highest BCUT2D eigenvalue weighted by molar-refractivity contribution is 5.57. The molecule has 5 heteroatoms. The summed E-state index contributed by atoms with van der Waals surface area (Å²) in [5.74, 6) is 7.26. The summed E-state index contributed by atoms with van der Waals surface area (Å²) in [5.41, 5.74) is 8.79. The maximum absolute atomic E-state index is 9.66. The minimum atomic E-state index is -0.182. The Balaban J connectivity index is 1.75. The van der Waals surface area contributed by atoms with Gasteiger partial charge in [-0.05, 0) is 49.8 Å². The molecule has 0 spiro atoms. The van der Waals surface area contributed by atoms with Crippen molar-refractivity contribution in [2.24, 2.45) is 0 Å². The van der Waals surface area contributed by atoms with Crippen LogP contribution >= 0.6 is 0 Å². The number of hydrogen-bond donors (Lipinski definition) is 3. The predicted octanol–water partition coefficient (Wildman–Crippen LogP) is 3.13. The third-order valence-corrected chi connectivity index (χ3v) is 4.68. The van der Waals surface area contributed by atoms with Crippen LogP contribution in [0.15, 0.2) is 30.5 Å². The van der Waals surface area contributed by atoms with Crippen molar-refractivity contribution in [3.63, 3.8) is 0 Å². The molecule has 4 N–H and O–H groups in total. The molecule has 0 bridgehead atoms.